The van der Waals surface area contributed by atoms with Gasteiger partial charge in [0.05, 0.1) is 17.9 Å². The normalized spacial score (nSPS) is 19.5. The molecule has 2 saturated heterocycles. The van der Waals surface area contributed by atoms with Crippen LogP contribution in [0.2, 0.25) is 5.02 Å². The Morgan fingerprint density at radius 1 is 1.14 bits per heavy atom. The van der Waals surface area contributed by atoms with E-state index in [1.165, 1.54) is 12.8 Å². The highest BCUT2D eigenvalue weighted by Crippen LogP contribution is 2.33. The zero-order valence-electron chi connectivity index (χ0n) is 16.4. The molecule has 160 valence electrons. The molecule has 0 aliphatic carbocycles. The summed E-state index contributed by atoms with van der Waals surface area (Å²) in [5.41, 5.74) is 2.02. The molecule has 29 heavy (non-hydrogen) atoms. The molecule has 2 fully saturated rings. The molecule has 2 aromatic rings. The summed E-state index contributed by atoms with van der Waals surface area (Å²) < 4.78 is 0. The second kappa shape index (κ2) is 11.2. The third kappa shape index (κ3) is 5.88. The molecule has 8 heteroatoms. The van der Waals surface area contributed by atoms with E-state index in [0.29, 0.717) is 12.3 Å². The number of piperidine rings is 1. The molecule has 0 radical (unpaired) electrons. The number of hydrogen-bond donors (Lipinski definition) is 2. The standard InChI is InChI=1S/C21H27ClN4O.2ClH/c22-17-6-4-16(5-7-17)18-14-24-21(25-18)19-2-1-13-26(19)20(27)8-3-15-9-11-23-12-10-15;;/h4-7,14-15,19,23H,1-3,8-13H2,(H,24,25);2*1H. The molecular formula is C21H29Cl3N4O. The quantitative estimate of drug-likeness (QED) is 0.660. The Morgan fingerprint density at radius 3 is 2.59 bits per heavy atom. The van der Waals surface area contributed by atoms with Crippen molar-refractivity contribution in [2.24, 2.45) is 5.92 Å². The summed E-state index contributed by atoms with van der Waals surface area (Å²) in [4.78, 5) is 22.9. The number of aromatic amines is 1. The maximum absolute atomic E-state index is 12.8. The van der Waals surface area contributed by atoms with E-state index in [1.807, 2.05) is 35.4 Å². The number of hydrogen-bond acceptors (Lipinski definition) is 3. The number of aromatic nitrogens is 2. The summed E-state index contributed by atoms with van der Waals surface area (Å²) in [6.07, 6.45) is 7.94. The van der Waals surface area contributed by atoms with Crippen LogP contribution in [-0.2, 0) is 4.79 Å². The Kier molecular flexibility index (Phi) is 9.28. The van der Waals surface area contributed by atoms with Crippen molar-refractivity contribution in [2.45, 2.75) is 44.6 Å². The lowest BCUT2D eigenvalue weighted by atomic mass is 9.93. The molecule has 3 heterocycles. The number of nitrogens with one attached hydrogen (secondary N) is 2. The maximum atomic E-state index is 12.8. The smallest absolute Gasteiger partial charge is 0.223 e. The molecule has 1 aromatic heterocycles. The first-order valence-electron chi connectivity index (χ1n) is 10.0. The SMILES string of the molecule is Cl.Cl.O=C(CCC1CCNCC1)N1CCCC1c1ncc(-c2ccc(Cl)cc2)[nH]1. The first-order chi connectivity index (χ1) is 13.2. The first kappa shape index (κ1) is 24.0. The minimum absolute atomic E-state index is 0. The van der Waals surface area contributed by atoms with Crippen LogP contribution in [0.15, 0.2) is 30.5 Å². The van der Waals surface area contributed by atoms with Gasteiger partial charge in [-0.1, -0.05) is 23.7 Å². The number of H-pyrrole nitrogens is 1. The van der Waals surface area contributed by atoms with Crippen molar-refractivity contribution in [1.82, 2.24) is 20.2 Å². The van der Waals surface area contributed by atoms with Crippen LogP contribution in [-0.4, -0.2) is 40.4 Å². The molecule has 1 unspecified atom stereocenters. The summed E-state index contributed by atoms with van der Waals surface area (Å²) in [5.74, 6) is 1.87. The molecule has 0 bridgehead atoms. The van der Waals surface area contributed by atoms with E-state index in [4.69, 9.17) is 11.6 Å². The summed E-state index contributed by atoms with van der Waals surface area (Å²) in [5, 5.41) is 4.11. The van der Waals surface area contributed by atoms with Crippen LogP contribution in [0.3, 0.4) is 0 Å². The summed E-state index contributed by atoms with van der Waals surface area (Å²) in [7, 11) is 0. The fourth-order valence-corrected chi connectivity index (χ4v) is 4.40. The summed E-state index contributed by atoms with van der Waals surface area (Å²) in [6.45, 7) is 3.02. The molecule has 1 atom stereocenters. The molecule has 0 spiro atoms. The van der Waals surface area contributed by atoms with Crippen LogP contribution < -0.4 is 5.32 Å². The lowest BCUT2D eigenvalue weighted by molar-refractivity contribution is -0.132. The average Bonchev–Trinajstić information content (AvgIpc) is 3.37. The lowest BCUT2D eigenvalue weighted by Crippen LogP contribution is -2.32. The number of likely N-dealkylation sites (tertiary alicyclic amines) is 1. The molecule has 1 amide bonds. The number of amides is 1. The maximum Gasteiger partial charge on any atom is 0.223 e. The monoisotopic (exact) mass is 458 g/mol. The predicted octanol–water partition coefficient (Wildman–Crippen LogP) is 5.02. The van der Waals surface area contributed by atoms with Crippen molar-refractivity contribution in [3.63, 3.8) is 0 Å². The van der Waals surface area contributed by atoms with Crippen molar-refractivity contribution in [2.75, 3.05) is 19.6 Å². The summed E-state index contributed by atoms with van der Waals surface area (Å²) >= 11 is 5.97. The summed E-state index contributed by atoms with van der Waals surface area (Å²) in [6, 6.07) is 7.80. The molecule has 2 aliphatic rings. The van der Waals surface area contributed by atoms with Crippen LogP contribution in [0.5, 0.6) is 0 Å². The minimum atomic E-state index is 0. The topological polar surface area (TPSA) is 61.0 Å². The van der Waals surface area contributed by atoms with E-state index < -0.39 is 0 Å². The third-order valence-corrected chi connectivity index (χ3v) is 6.12. The first-order valence-corrected chi connectivity index (χ1v) is 10.4. The molecule has 2 N–H and O–H groups in total. The number of imidazole rings is 1. The minimum Gasteiger partial charge on any atom is -0.340 e. The van der Waals surface area contributed by atoms with Gasteiger partial charge in [-0.3, -0.25) is 4.79 Å². The van der Waals surface area contributed by atoms with E-state index in [1.54, 1.807) is 0 Å². The van der Waals surface area contributed by atoms with Crippen molar-refractivity contribution in [3.05, 3.63) is 41.3 Å². The predicted molar refractivity (Wildman–Crippen MR) is 122 cm³/mol. The number of nitrogens with zero attached hydrogens (tertiary/aromatic N) is 2. The number of halogens is 3. The Balaban J connectivity index is 0.00000150. The van der Waals surface area contributed by atoms with E-state index in [0.717, 1.165) is 61.0 Å². The van der Waals surface area contributed by atoms with E-state index >= 15 is 0 Å². The van der Waals surface area contributed by atoms with Crippen molar-refractivity contribution in [3.8, 4) is 11.3 Å². The van der Waals surface area contributed by atoms with Crippen LogP contribution in [0.4, 0.5) is 0 Å². The fourth-order valence-electron chi connectivity index (χ4n) is 4.27. The number of benzene rings is 1. The number of rotatable bonds is 5. The molecule has 2 aliphatic heterocycles. The highest BCUT2D eigenvalue weighted by molar-refractivity contribution is 6.30. The zero-order valence-corrected chi connectivity index (χ0v) is 18.8. The Bertz CT molecular complexity index is 774. The van der Waals surface area contributed by atoms with Gasteiger partial charge in [0.25, 0.3) is 0 Å². The van der Waals surface area contributed by atoms with Gasteiger partial charge in [-0.05, 0) is 68.8 Å². The van der Waals surface area contributed by atoms with E-state index in [9.17, 15) is 4.79 Å². The zero-order chi connectivity index (χ0) is 18.6. The molecule has 4 rings (SSSR count). The lowest BCUT2D eigenvalue weighted by Gasteiger charge is -2.26. The van der Waals surface area contributed by atoms with E-state index in [2.05, 4.69) is 15.3 Å². The Hall–Kier alpha value is -1.27. The number of carbonyl (C=O) groups excluding carboxylic acids is 1. The van der Waals surface area contributed by atoms with Gasteiger partial charge in [0, 0.05) is 18.0 Å². The fraction of sp³-hybridized carbons (Fsp3) is 0.524. The Morgan fingerprint density at radius 2 is 1.86 bits per heavy atom. The average molecular weight is 460 g/mol. The Labute approximate surface area is 189 Å². The molecule has 1 aromatic carbocycles. The number of carbonyl (C=O) groups is 1. The van der Waals surface area contributed by atoms with Gasteiger partial charge in [-0.15, -0.1) is 24.8 Å². The second-order valence-corrected chi connectivity index (χ2v) is 8.10. The third-order valence-electron chi connectivity index (χ3n) is 5.86. The van der Waals surface area contributed by atoms with Crippen LogP contribution >= 0.6 is 36.4 Å². The van der Waals surface area contributed by atoms with Gasteiger partial charge in [0.1, 0.15) is 5.82 Å². The molecular weight excluding hydrogens is 431 g/mol. The van der Waals surface area contributed by atoms with Gasteiger partial charge in [0.2, 0.25) is 5.91 Å². The van der Waals surface area contributed by atoms with Crippen molar-refractivity contribution < 1.29 is 4.79 Å². The van der Waals surface area contributed by atoms with Crippen LogP contribution in [0.1, 0.15) is 50.4 Å². The van der Waals surface area contributed by atoms with Crippen molar-refractivity contribution in [1.29, 1.82) is 0 Å². The van der Waals surface area contributed by atoms with Gasteiger partial charge >= 0.3 is 0 Å². The van der Waals surface area contributed by atoms with Crippen LogP contribution in [0.25, 0.3) is 11.3 Å². The molecule has 5 nitrogen and oxygen atoms in total. The van der Waals surface area contributed by atoms with E-state index in [-0.39, 0.29) is 36.8 Å². The van der Waals surface area contributed by atoms with Crippen LogP contribution in [0, 0.1) is 5.92 Å². The highest BCUT2D eigenvalue weighted by atomic mass is 35.5. The van der Waals surface area contributed by atoms with Crippen molar-refractivity contribution >= 4 is 42.3 Å². The molecule has 0 saturated carbocycles. The van der Waals surface area contributed by atoms with Gasteiger partial charge in [0.15, 0.2) is 0 Å². The van der Waals surface area contributed by atoms with Gasteiger partial charge in [-0.25, -0.2) is 4.98 Å². The van der Waals surface area contributed by atoms with Gasteiger partial charge in [-0.2, -0.15) is 0 Å². The largest absolute Gasteiger partial charge is 0.340 e. The highest BCUT2D eigenvalue weighted by Gasteiger charge is 2.32. The second-order valence-electron chi connectivity index (χ2n) is 7.67. The van der Waals surface area contributed by atoms with Gasteiger partial charge < -0.3 is 15.2 Å².